The predicted octanol–water partition coefficient (Wildman–Crippen LogP) is 3.03. The highest BCUT2D eigenvalue weighted by atomic mass is 35.5. The van der Waals surface area contributed by atoms with Crippen LogP contribution in [0.15, 0.2) is 48.5 Å². The van der Waals surface area contributed by atoms with Gasteiger partial charge in [0.15, 0.2) is 28.7 Å². The molecule has 13 heteroatoms. The number of ether oxygens (including phenoxy) is 1. The predicted molar refractivity (Wildman–Crippen MR) is 138 cm³/mol. The smallest absolute Gasteiger partial charge is 0.305 e. The molecule has 0 bridgehead atoms. The summed E-state index contributed by atoms with van der Waals surface area (Å²) < 4.78 is 4.57. The van der Waals surface area contributed by atoms with Gasteiger partial charge in [0.05, 0.1) is 7.11 Å². The van der Waals surface area contributed by atoms with Crippen LogP contribution >= 0.6 is 11.6 Å². The van der Waals surface area contributed by atoms with Gasteiger partial charge in [-0.15, -0.1) is 0 Å². The first-order valence-electron chi connectivity index (χ1n) is 11.4. The molecule has 7 N–H and O–H groups in total. The fourth-order valence-electron chi connectivity index (χ4n) is 3.70. The minimum absolute atomic E-state index is 0.0153. The third-order valence-electron chi connectivity index (χ3n) is 5.69. The van der Waals surface area contributed by atoms with E-state index < -0.39 is 58.3 Å². The molecule has 0 radical (unpaired) electrons. The van der Waals surface area contributed by atoms with Gasteiger partial charge in [-0.3, -0.25) is 19.3 Å². The number of benzene rings is 3. The van der Waals surface area contributed by atoms with Gasteiger partial charge in [-0.1, -0.05) is 11.6 Å². The molecule has 0 aliphatic rings. The number of carbonyl (C=O) groups excluding carboxylic acids is 3. The van der Waals surface area contributed by atoms with Crippen molar-refractivity contribution < 1.29 is 49.8 Å². The number of hydrogen-bond donors (Lipinski definition) is 7. The lowest BCUT2D eigenvalue weighted by molar-refractivity contribution is -0.140. The number of aromatic hydroxyl groups is 6. The van der Waals surface area contributed by atoms with Crippen LogP contribution in [0.5, 0.6) is 34.5 Å². The lowest BCUT2D eigenvalue weighted by atomic mass is 9.99. The number of nitrogens with one attached hydrogen (secondary N) is 1. The Bertz CT molecular complexity index is 1370. The zero-order chi connectivity index (χ0) is 28.9. The van der Waals surface area contributed by atoms with Gasteiger partial charge >= 0.3 is 5.97 Å². The van der Waals surface area contributed by atoms with Crippen LogP contribution in [0.2, 0.25) is 5.02 Å². The van der Waals surface area contributed by atoms with Crippen LogP contribution in [-0.4, -0.2) is 62.1 Å². The summed E-state index contributed by atoms with van der Waals surface area (Å²) in [5.74, 6) is -7.39. The number of phenolic OH excluding ortho intramolecular Hbond substituents is 6. The Morgan fingerprint density at radius 3 is 2.08 bits per heavy atom. The number of methoxy groups -OCH3 is 1. The number of esters is 1. The summed E-state index contributed by atoms with van der Waals surface area (Å²) in [6, 6.07) is 7.74. The first-order valence-corrected chi connectivity index (χ1v) is 11.8. The van der Waals surface area contributed by atoms with Crippen molar-refractivity contribution in [3.63, 3.8) is 0 Å². The molecule has 2 amide bonds. The highest BCUT2D eigenvalue weighted by Gasteiger charge is 2.36. The quantitative estimate of drug-likeness (QED) is 0.116. The maximum Gasteiger partial charge on any atom is 0.305 e. The minimum Gasteiger partial charge on any atom is -0.504 e. The second kappa shape index (κ2) is 12.1. The normalized spacial score (nSPS) is 11.4. The Labute approximate surface area is 226 Å². The molecule has 1 unspecified atom stereocenters. The first-order chi connectivity index (χ1) is 18.5. The van der Waals surface area contributed by atoms with E-state index in [4.69, 9.17) is 11.6 Å². The number of amides is 2. The fourth-order valence-corrected chi connectivity index (χ4v) is 3.82. The van der Waals surface area contributed by atoms with Crippen molar-refractivity contribution in [2.75, 3.05) is 18.6 Å². The fraction of sp³-hybridized carbons (Fsp3) is 0.192. The van der Waals surface area contributed by atoms with Gasteiger partial charge in [-0.05, 0) is 55.0 Å². The zero-order valence-electron chi connectivity index (χ0n) is 20.5. The van der Waals surface area contributed by atoms with E-state index in [1.807, 2.05) is 0 Å². The second-order valence-corrected chi connectivity index (χ2v) is 8.70. The number of halogens is 1. The topological polar surface area (TPSA) is 197 Å². The van der Waals surface area contributed by atoms with Crippen molar-refractivity contribution in [1.29, 1.82) is 0 Å². The van der Waals surface area contributed by atoms with Gasteiger partial charge < -0.3 is 40.7 Å². The summed E-state index contributed by atoms with van der Waals surface area (Å²) in [7, 11) is 1.21. The monoisotopic (exact) mass is 560 g/mol. The molecule has 39 heavy (non-hydrogen) atoms. The molecule has 0 saturated heterocycles. The lowest BCUT2D eigenvalue weighted by Crippen LogP contribution is -2.44. The van der Waals surface area contributed by atoms with E-state index in [1.54, 1.807) is 0 Å². The summed E-state index contributed by atoms with van der Waals surface area (Å²) in [6.07, 6.45) is 0.158. The number of hydrogen-bond acceptors (Lipinski definition) is 10. The molecule has 0 aliphatic carbocycles. The molecular formula is C26H25ClN2O10. The molecule has 0 fully saturated rings. The minimum atomic E-state index is -1.71. The first kappa shape index (κ1) is 28.7. The van der Waals surface area contributed by atoms with E-state index in [9.17, 15) is 45.0 Å². The van der Waals surface area contributed by atoms with Gasteiger partial charge in [-0.25, -0.2) is 0 Å². The van der Waals surface area contributed by atoms with Crippen LogP contribution in [0.4, 0.5) is 5.69 Å². The van der Waals surface area contributed by atoms with E-state index in [-0.39, 0.29) is 36.2 Å². The number of rotatable bonds is 9. The molecule has 1 atom stereocenters. The third kappa shape index (κ3) is 6.36. The summed E-state index contributed by atoms with van der Waals surface area (Å²) in [4.78, 5) is 39.7. The molecule has 12 nitrogen and oxygen atoms in total. The highest BCUT2D eigenvalue weighted by molar-refractivity contribution is 6.30. The molecule has 0 aromatic heterocycles. The zero-order valence-corrected chi connectivity index (χ0v) is 21.2. The molecule has 206 valence electrons. The SMILES string of the molecule is COC(=O)CCCNC(=O)C(c1ccc(O)c(O)c1O)N(C(=O)c1cc(O)c(O)c(O)c1)c1ccc(Cl)cc1. The van der Waals surface area contributed by atoms with Gasteiger partial charge in [-0.2, -0.15) is 0 Å². The van der Waals surface area contributed by atoms with E-state index in [2.05, 4.69) is 10.1 Å². The summed E-state index contributed by atoms with van der Waals surface area (Å²) in [6.45, 7) is -0.0430. The Morgan fingerprint density at radius 2 is 1.49 bits per heavy atom. The van der Waals surface area contributed by atoms with Crippen molar-refractivity contribution in [2.45, 2.75) is 18.9 Å². The summed E-state index contributed by atoms with van der Waals surface area (Å²) in [5, 5.41) is 63.2. The lowest BCUT2D eigenvalue weighted by Gasteiger charge is -2.32. The standard InChI is InChI=1S/C26H25ClN2O10/c1-39-20(33)3-2-10-28-25(37)21(16-8-9-17(30)24(36)22(16)34)29(15-6-4-14(27)5-7-15)26(38)13-11-18(31)23(35)19(32)12-13/h4-9,11-12,21,30-32,34-36H,2-3,10H2,1H3,(H,28,37). The summed E-state index contributed by atoms with van der Waals surface area (Å²) in [5.41, 5.74) is -0.590. The van der Waals surface area contributed by atoms with Crippen molar-refractivity contribution in [3.05, 3.63) is 64.7 Å². The van der Waals surface area contributed by atoms with E-state index in [1.165, 1.54) is 31.4 Å². The summed E-state index contributed by atoms with van der Waals surface area (Å²) >= 11 is 6.00. The van der Waals surface area contributed by atoms with Crippen LogP contribution in [0.1, 0.15) is 34.8 Å². The second-order valence-electron chi connectivity index (χ2n) is 8.26. The molecule has 3 aromatic carbocycles. The molecule has 3 aromatic rings. The molecule has 0 aliphatic heterocycles. The number of nitrogens with zero attached hydrogens (tertiary/aromatic N) is 1. The van der Waals surface area contributed by atoms with Crippen molar-refractivity contribution in [2.24, 2.45) is 0 Å². The van der Waals surface area contributed by atoms with Gasteiger partial charge in [0.25, 0.3) is 5.91 Å². The van der Waals surface area contributed by atoms with E-state index in [0.29, 0.717) is 5.02 Å². The van der Waals surface area contributed by atoms with Gasteiger partial charge in [0.2, 0.25) is 11.7 Å². The largest absolute Gasteiger partial charge is 0.504 e. The van der Waals surface area contributed by atoms with Gasteiger partial charge in [0, 0.05) is 34.8 Å². The van der Waals surface area contributed by atoms with Crippen LogP contribution in [0, 0.1) is 0 Å². The Morgan fingerprint density at radius 1 is 0.872 bits per heavy atom. The molecule has 3 rings (SSSR count). The molecule has 0 heterocycles. The Kier molecular flexibility index (Phi) is 8.94. The number of anilines is 1. The van der Waals surface area contributed by atoms with Gasteiger partial charge in [0.1, 0.15) is 6.04 Å². The maximum absolute atomic E-state index is 13.8. The average molecular weight is 561 g/mol. The number of carbonyl (C=O) groups is 3. The van der Waals surface area contributed by atoms with Crippen molar-refractivity contribution in [3.8, 4) is 34.5 Å². The van der Waals surface area contributed by atoms with E-state index in [0.717, 1.165) is 29.2 Å². The van der Waals surface area contributed by atoms with Crippen molar-refractivity contribution in [1.82, 2.24) is 5.32 Å². The highest BCUT2D eigenvalue weighted by Crippen LogP contribution is 2.43. The van der Waals surface area contributed by atoms with Crippen molar-refractivity contribution >= 4 is 35.1 Å². The van der Waals surface area contributed by atoms with Crippen LogP contribution in [0.3, 0.4) is 0 Å². The Balaban J connectivity index is 2.17. The number of phenols is 6. The molecule has 0 spiro atoms. The maximum atomic E-state index is 13.8. The van der Waals surface area contributed by atoms with Crippen LogP contribution < -0.4 is 10.2 Å². The van der Waals surface area contributed by atoms with E-state index >= 15 is 0 Å². The third-order valence-corrected chi connectivity index (χ3v) is 5.94. The molecular weight excluding hydrogens is 536 g/mol. The average Bonchev–Trinajstić information content (AvgIpc) is 2.91. The van der Waals surface area contributed by atoms with Crippen LogP contribution in [-0.2, 0) is 14.3 Å². The molecule has 0 saturated carbocycles. The van der Waals surface area contributed by atoms with Crippen LogP contribution in [0.25, 0.3) is 0 Å². The Hall–Kier alpha value is -4.84.